The maximum atomic E-state index is 13.7. The molecule has 2 nitrogen and oxygen atoms in total. The Hall–Kier alpha value is -1.58. The summed E-state index contributed by atoms with van der Waals surface area (Å²) in [4.78, 5) is 11.3. The normalized spacial score (nSPS) is 14.4. The molecule has 0 rings (SSSR count). The molecule has 0 aliphatic rings. The molecule has 0 spiro atoms. The van der Waals surface area contributed by atoms with Gasteiger partial charge in [-0.2, -0.15) is 65.9 Å². The van der Waals surface area contributed by atoms with Crippen molar-refractivity contribution in [3.63, 3.8) is 0 Å². The van der Waals surface area contributed by atoms with Crippen molar-refractivity contribution in [2.75, 3.05) is 6.61 Å². The lowest BCUT2D eigenvalue weighted by molar-refractivity contribution is -0.450. The summed E-state index contributed by atoms with van der Waals surface area (Å²) in [5, 5.41) is 0. The molecule has 0 radical (unpaired) electrons. The molecule has 246 valence electrons. The third-order valence-corrected chi connectivity index (χ3v) is 6.32. The predicted molar refractivity (Wildman–Crippen MR) is 117 cm³/mol. The van der Waals surface area contributed by atoms with Crippen LogP contribution in [0.15, 0.2) is 0 Å². The summed E-state index contributed by atoms with van der Waals surface area (Å²) in [6, 6.07) is 0. The van der Waals surface area contributed by atoms with Gasteiger partial charge in [-0.25, -0.2) is 4.79 Å². The molecule has 0 heterocycles. The largest absolute Gasteiger partial charge is 0.461 e. The zero-order valence-corrected chi connectivity index (χ0v) is 22.1. The molecule has 41 heavy (non-hydrogen) atoms. The van der Waals surface area contributed by atoms with E-state index in [1.807, 2.05) is 0 Å². The van der Waals surface area contributed by atoms with Gasteiger partial charge in [0.25, 0.3) is 0 Å². The van der Waals surface area contributed by atoms with Crippen molar-refractivity contribution >= 4 is 5.97 Å². The van der Waals surface area contributed by atoms with Crippen molar-refractivity contribution < 1.29 is 75.4 Å². The summed E-state index contributed by atoms with van der Waals surface area (Å²) in [6.45, 7) is 0.996. The van der Waals surface area contributed by atoms with E-state index in [0.29, 0.717) is 12.8 Å². The first-order valence-electron chi connectivity index (χ1n) is 13.0. The number of rotatable bonds is 21. The Morgan fingerprint density at radius 3 is 1.07 bits per heavy atom. The van der Waals surface area contributed by atoms with E-state index >= 15 is 0 Å². The maximum Gasteiger partial charge on any atom is 0.460 e. The molecule has 0 saturated carbocycles. The van der Waals surface area contributed by atoms with Crippen LogP contribution in [0.25, 0.3) is 0 Å². The molecular formula is C24H33F15O2. The topological polar surface area (TPSA) is 26.3 Å². The lowest BCUT2D eigenvalue weighted by Gasteiger charge is -2.40. The summed E-state index contributed by atoms with van der Waals surface area (Å²) >= 11 is 0. The molecule has 0 unspecified atom stereocenters. The van der Waals surface area contributed by atoms with Crippen LogP contribution in [0.1, 0.15) is 96.8 Å². The number of hydrogen-bond acceptors (Lipinski definition) is 2. The highest BCUT2D eigenvalue weighted by Gasteiger charge is 2.94. The van der Waals surface area contributed by atoms with Gasteiger partial charge in [0.2, 0.25) is 0 Å². The number of alkyl halides is 15. The average molecular weight is 638 g/mol. The van der Waals surface area contributed by atoms with Gasteiger partial charge in [-0.05, 0) is 6.42 Å². The molecular weight excluding hydrogens is 605 g/mol. The Labute approximate surface area is 227 Å². The van der Waals surface area contributed by atoms with E-state index in [0.717, 1.165) is 44.9 Å². The molecule has 0 aromatic rings. The standard InChI is InChI=1S/C24H33F15O2/c1-2-3-4-5-6-7-8-9-10-11-12-13-14-15-16-41-17(40)18(25,26)19(27,28)20(29,30)21(31,32)22(33,34)23(35,36)24(37,38)39/h2-16H2,1H3. The maximum absolute atomic E-state index is 13.7. The molecule has 0 amide bonds. The summed E-state index contributed by atoms with van der Waals surface area (Å²) < 4.78 is 201. The predicted octanol–water partition coefficient (Wildman–Crippen LogP) is 10.4. The van der Waals surface area contributed by atoms with E-state index in [1.165, 1.54) is 19.3 Å². The molecule has 0 aliphatic carbocycles. The third-order valence-electron chi connectivity index (χ3n) is 6.32. The van der Waals surface area contributed by atoms with Crippen LogP contribution in [0, 0.1) is 0 Å². The lowest BCUT2D eigenvalue weighted by atomic mass is 9.91. The number of halogens is 15. The van der Waals surface area contributed by atoms with Crippen molar-refractivity contribution in [2.45, 2.75) is 139 Å². The van der Waals surface area contributed by atoms with Gasteiger partial charge in [-0.3, -0.25) is 0 Å². The molecule has 0 aromatic carbocycles. The molecule has 0 aromatic heterocycles. The Kier molecular flexibility index (Phi) is 14.6. The van der Waals surface area contributed by atoms with Gasteiger partial charge >= 0.3 is 47.7 Å². The Bertz CT molecular complexity index is 780. The second kappa shape index (κ2) is 15.2. The van der Waals surface area contributed by atoms with Crippen LogP contribution in [-0.4, -0.2) is 54.3 Å². The first-order chi connectivity index (χ1) is 18.5. The fraction of sp³-hybridized carbons (Fsp3) is 0.958. The summed E-state index contributed by atoms with van der Waals surface area (Å²) in [6.07, 6.45) is 3.99. The SMILES string of the molecule is CCCCCCCCCCCCCCCCOC(=O)C(F)(F)C(F)(F)C(F)(F)C(F)(F)C(F)(F)C(F)(F)C(F)(F)F. The van der Waals surface area contributed by atoms with Crippen LogP contribution in [0.2, 0.25) is 0 Å². The quantitative estimate of drug-likeness (QED) is 0.0711. The molecule has 0 aliphatic heterocycles. The van der Waals surface area contributed by atoms with Crippen molar-refractivity contribution in [3.05, 3.63) is 0 Å². The van der Waals surface area contributed by atoms with E-state index in [-0.39, 0.29) is 12.8 Å². The zero-order valence-electron chi connectivity index (χ0n) is 22.1. The first-order valence-corrected chi connectivity index (χ1v) is 13.0. The van der Waals surface area contributed by atoms with Crippen LogP contribution in [0.4, 0.5) is 65.9 Å². The second-order valence-electron chi connectivity index (χ2n) is 9.68. The highest BCUT2D eigenvalue weighted by Crippen LogP contribution is 2.62. The fourth-order valence-corrected chi connectivity index (χ4v) is 3.65. The van der Waals surface area contributed by atoms with Crippen molar-refractivity contribution in [3.8, 4) is 0 Å². The van der Waals surface area contributed by atoms with Crippen molar-refractivity contribution in [2.24, 2.45) is 0 Å². The van der Waals surface area contributed by atoms with Crippen LogP contribution in [-0.2, 0) is 9.53 Å². The average Bonchev–Trinajstić information content (AvgIpc) is 2.84. The Morgan fingerprint density at radius 1 is 0.439 bits per heavy atom. The molecule has 0 atom stereocenters. The van der Waals surface area contributed by atoms with Gasteiger partial charge in [-0.15, -0.1) is 0 Å². The summed E-state index contributed by atoms with van der Waals surface area (Å²) in [5.74, 6) is -51.7. The van der Waals surface area contributed by atoms with E-state index in [1.54, 1.807) is 0 Å². The van der Waals surface area contributed by atoms with Crippen molar-refractivity contribution in [1.82, 2.24) is 0 Å². The number of hydrogen-bond donors (Lipinski definition) is 0. The molecule has 17 heteroatoms. The number of carbonyl (C=O) groups excluding carboxylic acids is 1. The van der Waals surface area contributed by atoms with E-state index in [4.69, 9.17) is 0 Å². The van der Waals surface area contributed by atoms with Crippen molar-refractivity contribution in [1.29, 1.82) is 0 Å². The molecule has 0 bridgehead atoms. The van der Waals surface area contributed by atoms with E-state index in [9.17, 15) is 70.7 Å². The van der Waals surface area contributed by atoms with E-state index in [2.05, 4.69) is 11.7 Å². The number of esters is 1. The van der Waals surface area contributed by atoms with Crippen LogP contribution in [0.5, 0.6) is 0 Å². The molecule has 0 N–H and O–H groups in total. The molecule has 0 fully saturated rings. The van der Waals surface area contributed by atoms with Crippen LogP contribution >= 0.6 is 0 Å². The highest BCUT2D eigenvalue weighted by molar-refractivity contribution is 5.79. The van der Waals surface area contributed by atoms with Crippen LogP contribution < -0.4 is 0 Å². The van der Waals surface area contributed by atoms with E-state index < -0.39 is 54.3 Å². The van der Waals surface area contributed by atoms with Gasteiger partial charge in [0.15, 0.2) is 0 Å². The van der Waals surface area contributed by atoms with Gasteiger partial charge in [-0.1, -0.05) is 90.4 Å². The third kappa shape index (κ3) is 8.96. The minimum absolute atomic E-state index is 0.166. The van der Waals surface area contributed by atoms with Gasteiger partial charge in [0.1, 0.15) is 0 Å². The Balaban J connectivity index is 4.85. The summed E-state index contributed by atoms with van der Waals surface area (Å²) in [5.41, 5.74) is 0. The smallest absolute Gasteiger partial charge is 0.460 e. The van der Waals surface area contributed by atoms with Gasteiger partial charge in [0, 0.05) is 0 Å². The van der Waals surface area contributed by atoms with Gasteiger partial charge in [0.05, 0.1) is 6.61 Å². The number of carbonyl (C=O) groups is 1. The highest BCUT2D eigenvalue weighted by atomic mass is 19.4. The van der Waals surface area contributed by atoms with Crippen LogP contribution in [0.3, 0.4) is 0 Å². The number of unbranched alkanes of at least 4 members (excludes halogenated alkanes) is 13. The zero-order chi connectivity index (χ0) is 32.4. The minimum atomic E-state index is -8.43. The lowest BCUT2D eigenvalue weighted by Crippen LogP contribution is -2.73. The first kappa shape index (κ1) is 39.4. The summed E-state index contributed by atoms with van der Waals surface area (Å²) in [7, 11) is 0. The minimum Gasteiger partial charge on any atom is -0.461 e. The second-order valence-corrected chi connectivity index (χ2v) is 9.68. The van der Waals surface area contributed by atoms with Gasteiger partial charge < -0.3 is 4.74 Å². The number of ether oxygens (including phenoxy) is 1. The fourth-order valence-electron chi connectivity index (χ4n) is 3.65. The Morgan fingerprint density at radius 2 is 0.732 bits per heavy atom. The monoisotopic (exact) mass is 638 g/mol. The molecule has 0 saturated heterocycles.